The molecule has 190 valence electrons. The van der Waals surface area contributed by atoms with Gasteiger partial charge in [-0.05, 0) is 59.9 Å². The monoisotopic (exact) mass is 490 g/mol. The number of likely N-dealkylation sites (tertiary alicyclic amines) is 1. The Bertz CT molecular complexity index is 1210. The molecule has 2 aromatic carbocycles. The molecule has 0 radical (unpaired) electrons. The molecule has 1 saturated heterocycles. The summed E-state index contributed by atoms with van der Waals surface area (Å²) in [5.74, 6) is 6.29. The standard InChI is InChI=1S/C26H25FN2O3.C4H10/c27-24-7-2-1-5-20(24)8-9-23-15-22(17-30)25(32-23)26(31)29-12-10-19(11-13-29)21-6-3-4-18(14-21)16-28;1-4(2)3/h1-7,14-15,19,30H,10-13,16-17,28H2;4H,1-3H3. The van der Waals surface area contributed by atoms with Crippen molar-refractivity contribution in [2.24, 2.45) is 11.7 Å². The third-order valence-electron chi connectivity index (χ3n) is 5.81. The molecule has 36 heavy (non-hydrogen) atoms. The van der Waals surface area contributed by atoms with Crippen LogP contribution in [0.4, 0.5) is 4.39 Å². The molecule has 0 unspecified atom stereocenters. The minimum absolute atomic E-state index is 0.0916. The molecule has 0 saturated carbocycles. The van der Waals surface area contributed by atoms with Crippen molar-refractivity contribution < 1.29 is 18.7 Å². The number of aliphatic hydroxyl groups is 1. The Hall–Kier alpha value is -3.40. The van der Waals surface area contributed by atoms with E-state index in [-0.39, 0.29) is 29.6 Å². The van der Waals surface area contributed by atoms with Crippen molar-refractivity contribution in [2.45, 2.75) is 52.7 Å². The SMILES string of the molecule is CC(C)C.NCc1cccc(C2CCN(C(=O)c3oc(C#Cc4ccccc4F)cc3CO)CC2)c1. The number of benzene rings is 2. The van der Waals surface area contributed by atoms with Gasteiger partial charge in [0.05, 0.1) is 12.2 Å². The van der Waals surface area contributed by atoms with Gasteiger partial charge in [-0.1, -0.05) is 63.1 Å². The van der Waals surface area contributed by atoms with E-state index in [9.17, 15) is 14.3 Å². The lowest BCUT2D eigenvalue weighted by Crippen LogP contribution is -2.38. The molecule has 3 aromatic rings. The Morgan fingerprint density at radius 2 is 1.81 bits per heavy atom. The number of piperidine rings is 1. The summed E-state index contributed by atoms with van der Waals surface area (Å²) >= 11 is 0. The van der Waals surface area contributed by atoms with Crippen molar-refractivity contribution in [3.63, 3.8) is 0 Å². The van der Waals surface area contributed by atoms with Crippen LogP contribution in [0.25, 0.3) is 0 Å². The Kier molecular flexibility index (Phi) is 9.86. The van der Waals surface area contributed by atoms with Crippen molar-refractivity contribution in [1.82, 2.24) is 4.90 Å². The number of nitrogens with zero attached hydrogens (tertiary/aromatic N) is 1. The fourth-order valence-electron chi connectivity index (χ4n) is 4.01. The van der Waals surface area contributed by atoms with Crippen molar-refractivity contribution in [2.75, 3.05) is 13.1 Å². The number of furan rings is 1. The first-order chi connectivity index (χ1) is 17.3. The first-order valence-corrected chi connectivity index (χ1v) is 12.4. The van der Waals surface area contributed by atoms with E-state index in [0.717, 1.165) is 24.3 Å². The second-order valence-electron chi connectivity index (χ2n) is 9.60. The highest BCUT2D eigenvalue weighted by Gasteiger charge is 2.28. The predicted octanol–water partition coefficient (Wildman–Crippen LogP) is 5.45. The van der Waals surface area contributed by atoms with Crippen molar-refractivity contribution in [3.05, 3.63) is 94.2 Å². The maximum absolute atomic E-state index is 13.8. The van der Waals surface area contributed by atoms with Gasteiger partial charge in [0.25, 0.3) is 5.91 Å². The van der Waals surface area contributed by atoms with E-state index < -0.39 is 5.82 Å². The number of hydrogen-bond acceptors (Lipinski definition) is 4. The number of hydrogen-bond donors (Lipinski definition) is 2. The summed E-state index contributed by atoms with van der Waals surface area (Å²) in [6.07, 6.45) is 1.68. The lowest BCUT2D eigenvalue weighted by molar-refractivity contribution is 0.0675. The van der Waals surface area contributed by atoms with Crippen molar-refractivity contribution in [3.8, 4) is 11.8 Å². The van der Waals surface area contributed by atoms with Crippen LogP contribution in [0.2, 0.25) is 0 Å². The van der Waals surface area contributed by atoms with Crippen LogP contribution in [0.15, 0.2) is 59.0 Å². The Balaban J connectivity index is 0.000000840. The van der Waals surface area contributed by atoms with Gasteiger partial charge in [0.1, 0.15) is 5.82 Å². The maximum atomic E-state index is 13.8. The van der Waals surface area contributed by atoms with Crippen LogP contribution in [0.1, 0.15) is 78.1 Å². The molecule has 1 fully saturated rings. The molecule has 1 aliphatic rings. The lowest BCUT2D eigenvalue weighted by atomic mass is 9.88. The van der Waals surface area contributed by atoms with E-state index in [1.807, 2.05) is 12.1 Å². The highest BCUT2D eigenvalue weighted by atomic mass is 19.1. The quantitative estimate of drug-likeness (QED) is 0.477. The second kappa shape index (κ2) is 13.1. The summed E-state index contributed by atoms with van der Waals surface area (Å²) in [4.78, 5) is 14.8. The van der Waals surface area contributed by atoms with Crippen LogP contribution >= 0.6 is 0 Å². The molecule has 1 aliphatic heterocycles. The van der Waals surface area contributed by atoms with E-state index in [1.54, 1.807) is 23.1 Å². The fraction of sp³-hybridized carbons (Fsp3) is 0.367. The molecular weight excluding hydrogens is 455 g/mol. The zero-order valence-corrected chi connectivity index (χ0v) is 21.3. The average molecular weight is 491 g/mol. The fourth-order valence-corrected chi connectivity index (χ4v) is 4.01. The number of aliphatic hydroxyl groups excluding tert-OH is 1. The maximum Gasteiger partial charge on any atom is 0.290 e. The van der Waals surface area contributed by atoms with Crippen LogP contribution in [0.5, 0.6) is 0 Å². The van der Waals surface area contributed by atoms with E-state index in [0.29, 0.717) is 31.1 Å². The molecule has 5 nitrogen and oxygen atoms in total. The summed E-state index contributed by atoms with van der Waals surface area (Å²) in [7, 11) is 0. The van der Waals surface area contributed by atoms with Gasteiger partial charge in [0.2, 0.25) is 0 Å². The molecule has 0 spiro atoms. The summed E-state index contributed by atoms with van der Waals surface area (Å²) in [5, 5.41) is 9.70. The van der Waals surface area contributed by atoms with Crippen molar-refractivity contribution in [1.29, 1.82) is 0 Å². The third-order valence-corrected chi connectivity index (χ3v) is 5.81. The molecule has 4 rings (SSSR count). The largest absolute Gasteiger partial charge is 0.442 e. The van der Waals surface area contributed by atoms with Crippen LogP contribution in [-0.2, 0) is 13.2 Å². The molecule has 0 atom stereocenters. The van der Waals surface area contributed by atoms with Crippen LogP contribution in [-0.4, -0.2) is 29.0 Å². The Labute approximate surface area is 213 Å². The van der Waals surface area contributed by atoms with Gasteiger partial charge in [0.15, 0.2) is 11.5 Å². The van der Waals surface area contributed by atoms with Gasteiger partial charge in [0, 0.05) is 25.2 Å². The number of amides is 1. The molecule has 1 aromatic heterocycles. The summed E-state index contributed by atoms with van der Waals surface area (Å²) in [6, 6.07) is 16.0. The zero-order valence-electron chi connectivity index (χ0n) is 21.3. The molecule has 6 heteroatoms. The molecular formula is C30H35FN2O3. The van der Waals surface area contributed by atoms with Crippen LogP contribution in [0, 0.1) is 23.6 Å². The highest BCUT2D eigenvalue weighted by Crippen LogP contribution is 2.30. The van der Waals surface area contributed by atoms with Gasteiger partial charge in [-0.3, -0.25) is 4.79 Å². The highest BCUT2D eigenvalue weighted by molar-refractivity contribution is 5.93. The third kappa shape index (κ3) is 7.30. The number of carbonyl (C=O) groups excluding carboxylic acids is 1. The summed E-state index contributed by atoms with van der Waals surface area (Å²) in [6.45, 7) is 7.86. The zero-order chi connectivity index (χ0) is 26.1. The Morgan fingerprint density at radius 3 is 2.44 bits per heavy atom. The van der Waals surface area contributed by atoms with Gasteiger partial charge < -0.3 is 20.2 Å². The number of rotatable bonds is 4. The van der Waals surface area contributed by atoms with E-state index in [1.165, 1.54) is 17.7 Å². The van der Waals surface area contributed by atoms with Crippen molar-refractivity contribution >= 4 is 5.91 Å². The summed E-state index contributed by atoms with van der Waals surface area (Å²) in [5.41, 5.74) is 8.73. The van der Waals surface area contributed by atoms with E-state index in [4.69, 9.17) is 10.2 Å². The number of nitrogens with two attached hydrogens (primary N) is 1. The Morgan fingerprint density at radius 1 is 1.11 bits per heavy atom. The molecule has 3 N–H and O–H groups in total. The first kappa shape index (κ1) is 27.2. The van der Waals surface area contributed by atoms with Gasteiger partial charge in [-0.15, -0.1) is 0 Å². The molecule has 2 heterocycles. The van der Waals surface area contributed by atoms with Crippen LogP contribution in [0.3, 0.4) is 0 Å². The number of carbonyl (C=O) groups is 1. The molecule has 1 amide bonds. The average Bonchev–Trinajstić information content (AvgIpc) is 3.31. The smallest absolute Gasteiger partial charge is 0.290 e. The topological polar surface area (TPSA) is 79.7 Å². The number of halogens is 1. The van der Waals surface area contributed by atoms with E-state index in [2.05, 4.69) is 44.7 Å². The second-order valence-corrected chi connectivity index (χ2v) is 9.60. The first-order valence-electron chi connectivity index (χ1n) is 12.4. The molecule has 0 aliphatic carbocycles. The minimum Gasteiger partial charge on any atom is -0.442 e. The predicted molar refractivity (Wildman–Crippen MR) is 140 cm³/mol. The van der Waals surface area contributed by atoms with E-state index >= 15 is 0 Å². The van der Waals surface area contributed by atoms with Gasteiger partial charge >= 0.3 is 0 Å². The van der Waals surface area contributed by atoms with Crippen LogP contribution < -0.4 is 5.73 Å². The summed E-state index contributed by atoms with van der Waals surface area (Å²) < 4.78 is 19.4. The minimum atomic E-state index is -0.426. The normalized spacial score (nSPS) is 13.6. The molecule has 0 bridgehead atoms. The van der Waals surface area contributed by atoms with Gasteiger partial charge in [-0.25, -0.2) is 4.39 Å². The van der Waals surface area contributed by atoms with Gasteiger partial charge in [-0.2, -0.15) is 0 Å². The lowest BCUT2D eigenvalue weighted by Gasteiger charge is -2.32.